The van der Waals surface area contributed by atoms with Crippen molar-refractivity contribution in [2.24, 2.45) is 4.40 Å². The minimum absolute atomic E-state index is 0.0831. The Balaban J connectivity index is 2.03. The van der Waals surface area contributed by atoms with Gasteiger partial charge in [0.05, 0.1) is 4.90 Å². The van der Waals surface area contributed by atoms with Crippen molar-refractivity contribution in [3.63, 3.8) is 0 Å². The molecule has 3 rings (SSSR count). The number of halogens is 2. The Morgan fingerprint density at radius 3 is 2.12 bits per heavy atom. The predicted molar refractivity (Wildman–Crippen MR) is 114 cm³/mol. The van der Waals surface area contributed by atoms with Crippen LogP contribution < -0.4 is 5.32 Å². The molecule has 132 valence electrons. The number of anilines is 1. The van der Waals surface area contributed by atoms with Crippen molar-refractivity contribution < 1.29 is 8.42 Å². The monoisotopic (exact) mass is 496 g/mol. The zero-order valence-electron chi connectivity index (χ0n) is 13.4. The zero-order chi connectivity index (χ0) is 18.6. The van der Waals surface area contributed by atoms with Crippen molar-refractivity contribution in [3.05, 3.63) is 93.0 Å². The average Bonchev–Trinajstić information content (AvgIpc) is 2.64. The van der Waals surface area contributed by atoms with Crippen LogP contribution in [-0.2, 0) is 10.0 Å². The van der Waals surface area contributed by atoms with E-state index in [2.05, 4.69) is 32.3 Å². The Labute approximate surface area is 171 Å². The van der Waals surface area contributed by atoms with Gasteiger partial charge in [-0.25, -0.2) is 0 Å². The maximum atomic E-state index is 12.7. The lowest BCUT2D eigenvalue weighted by molar-refractivity contribution is 0.598. The lowest BCUT2D eigenvalue weighted by Crippen LogP contribution is -2.16. The number of nitrogens with one attached hydrogen (secondary N) is 1. The summed E-state index contributed by atoms with van der Waals surface area (Å²) in [5.41, 5.74) is 1.42. The van der Waals surface area contributed by atoms with E-state index >= 15 is 0 Å². The van der Waals surface area contributed by atoms with Crippen LogP contribution in [-0.4, -0.2) is 14.3 Å². The predicted octanol–water partition coefficient (Wildman–Crippen LogP) is 5.19. The van der Waals surface area contributed by atoms with Gasteiger partial charge in [0, 0.05) is 19.8 Å². The fraction of sp³-hybridized carbons (Fsp3) is 0. The van der Waals surface area contributed by atoms with Crippen molar-refractivity contribution in [2.75, 3.05) is 5.32 Å². The Morgan fingerprint density at radius 2 is 1.50 bits per heavy atom. The van der Waals surface area contributed by atoms with Gasteiger partial charge < -0.3 is 5.32 Å². The van der Waals surface area contributed by atoms with Gasteiger partial charge in [-0.05, 0) is 71.1 Å². The molecule has 0 saturated carbocycles. The Kier molecular flexibility index (Phi) is 5.95. The van der Waals surface area contributed by atoms with E-state index in [-0.39, 0.29) is 10.7 Å². The highest BCUT2D eigenvalue weighted by Crippen LogP contribution is 2.19. The topological polar surface area (TPSA) is 58.5 Å². The van der Waals surface area contributed by atoms with Crippen LogP contribution >= 0.6 is 34.2 Å². The van der Waals surface area contributed by atoms with E-state index in [1.807, 2.05) is 42.5 Å². The van der Waals surface area contributed by atoms with Gasteiger partial charge in [0.1, 0.15) is 0 Å². The molecule has 0 aromatic heterocycles. The number of sulfonamides is 1. The number of hydrogen-bond acceptors (Lipinski definition) is 2. The lowest BCUT2D eigenvalue weighted by atomic mass is 10.2. The molecule has 0 radical (unpaired) electrons. The number of hydrogen-bond donors (Lipinski definition) is 1. The van der Waals surface area contributed by atoms with Crippen LogP contribution in [0.15, 0.2) is 88.2 Å². The molecule has 0 amide bonds. The van der Waals surface area contributed by atoms with E-state index in [0.29, 0.717) is 10.6 Å². The zero-order valence-corrected chi connectivity index (χ0v) is 17.2. The fourth-order valence-corrected chi connectivity index (χ4v) is 3.66. The molecule has 0 aliphatic heterocycles. The first kappa shape index (κ1) is 18.9. The smallest absolute Gasteiger partial charge is 0.284 e. The molecule has 0 unspecified atom stereocenters. The first-order valence-electron chi connectivity index (χ1n) is 7.63. The molecule has 0 aliphatic rings. The standard InChI is InChI=1S/C19H14ClIN2O2S/c20-15-6-12-18(13-7-15)26(24,25)23-19(14-4-2-1-3-5-14)22-17-10-8-16(21)9-11-17/h1-13H,(H,22,23). The highest BCUT2D eigenvalue weighted by molar-refractivity contribution is 14.1. The molecule has 0 heterocycles. The molecular formula is C19H14ClIN2O2S. The summed E-state index contributed by atoms with van der Waals surface area (Å²) < 4.78 is 30.5. The molecule has 0 fully saturated rings. The maximum absolute atomic E-state index is 12.7. The van der Waals surface area contributed by atoms with Crippen LogP contribution in [0.2, 0.25) is 5.02 Å². The van der Waals surface area contributed by atoms with E-state index in [9.17, 15) is 8.42 Å². The summed E-state index contributed by atoms with van der Waals surface area (Å²) in [6.45, 7) is 0. The molecular weight excluding hydrogens is 483 g/mol. The van der Waals surface area contributed by atoms with Gasteiger partial charge in [0.25, 0.3) is 10.0 Å². The lowest BCUT2D eigenvalue weighted by Gasteiger charge is -2.11. The summed E-state index contributed by atoms with van der Waals surface area (Å²) in [7, 11) is -3.89. The number of nitrogens with zero attached hydrogens (tertiary/aromatic N) is 1. The second-order valence-electron chi connectivity index (χ2n) is 5.37. The largest absolute Gasteiger partial charge is 0.339 e. The fourth-order valence-electron chi connectivity index (χ4n) is 2.19. The van der Waals surface area contributed by atoms with E-state index in [4.69, 9.17) is 11.6 Å². The summed E-state index contributed by atoms with van der Waals surface area (Å²) in [6.07, 6.45) is 0. The molecule has 3 aromatic carbocycles. The Bertz CT molecular complexity index is 1020. The summed E-state index contributed by atoms with van der Waals surface area (Å²) >= 11 is 8.05. The molecule has 1 N–H and O–H groups in total. The van der Waals surface area contributed by atoms with Crippen molar-refractivity contribution >= 4 is 55.7 Å². The molecule has 7 heteroatoms. The van der Waals surface area contributed by atoms with Crippen LogP contribution in [0.5, 0.6) is 0 Å². The molecule has 0 saturated heterocycles. The minimum atomic E-state index is -3.89. The molecule has 3 aromatic rings. The van der Waals surface area contributed by atoms with E-state index in [1.165, 1.54) is 24.3 Å². The average molecular weight is 497 g/mol. The van der Waals surface area contributed by atoms with Gasteiger partial charge >= 0.3 is 0 Å². The van der Waals surface area contributed by atoms with Crippen LogP contribution in [0.3, 0.4) is 0 Å². The molecule has 4 nitrogen and oxygen atoms in total. The van der Waals surface area contributed by atoms with Gasteiger partial charge in [-0.1, -0.05) is 41.9 Å². The van der Waals surface area contributed by atoms with Gasteiger partial charge in [-0.15, -0.1) is 4.40 Å². The van der Waals surface area contributed by atoms with Gasteiger partial charge in [-0.2, -0.15) is 8.42 Å². The van der Waals surface area contributed by atoms with Crippen LogP contribution in [0, 0.1) is 3.57 Å². The molecule has 0 aliphatic carbocycles. The first-order chi connectivity index (χ1) is 12.4. The quantitative estimate of drug-likeness (QED) is 0.307. The second-order valence-corrected chi connectivity index (χ2v) is 8.65. The summed E-state index contributed by atoms with van der Waals surface area (Å²) in [6, 6.07) is 22.7. The highest BCUT2D eigenvalue weighted by atomic mass is 127. The van der Waals surface area contributed by atoms with Crippen molar-refractivity contribution in [2.45, 2.75) is 4.90 Å². The maximum Gasteiger partial charge on any atom is 0.284 e. The Hall–Kier alpha value is -1.90. The summed E-state index contributed by atoms with van der Waals surface area (Å²) in [5, 5.41) is 3.57. The number of amidine groups is 1. The molecule has 0 bridgehead atoms. The second kappa shape index (κ2) is 8.20. The summed E-state index contributed by atoms with van der Waals surface area (Å²) in [4.78, 5) is 0.0831. The van der Waals surface area contributed by atoms with E-state index in [1.54, 1.807) is 12.1 Å². The van der Waals surface area contributed by atoms with E-state index < -0.39 is 10.0 Å². The first-order valence-corrected chi connectivity index (χ1v) is 10.5. The third-order valence-electron chi connectivity index (χ3n) is 3.48. The molecule has 0 atom stereocenters. The van der Waals surface area contributed by atoms with Crippen molar-refractivity contribution in [1.82, 2.24) is 0 Å². The number of rotatable bonds is 4. The normalized spacial score (nSPS) is 12.0. The van der Waals surface area contributed by atoms with Crippen molar-refractivity contribution in [3.8, 4) is 0 Å². The molecule has 0 spiro atoms. The van der Waals surface area contributed by atoms with E-state index in [0.717, 1.165) is 9.26 Å². The third kappa shape index (κ3) is 4.84. The number of benzene rings is 3. The van der Waals surface area contributed by atoms with Crippen LogP contribution in [0.1, 0.15) is 5.56 Å². The molecule has 26 heavy (non-hydrogen) atoms. The minimum Gasteiger partial charge on any atom is -0.339 e. The van der Waals surface area contributed by atoms with Gasteiger partial charge in [-0.3, -0.25) is 0 Å². The van der Waals surface area contributed by atoms with Gasteiger partial charge in [0.15, 0.2) is 5.84 Å². The van der Waals surface area contributed by atoms with Crippen LogP contribution in [0.25, 0.3) is 0 Å². The van der Waals surface area contributed by atoms with Crippen molar-refractivity contribution in [1.29, 1.82) is 0 Å². The highest BCUT2D eigenvalue weighted by Gasteiger charge is 2.16. The van der Waals surface area contributed by atoms with Gasteiger partial charge in [0.2, 0.25) is 0 Å². The summed E-state index contributed by atoms with van der Waals surface area (Å²) in [5.74, 6) is 0.252. The Morgan fingerprint density at radius 1 is 0.885 bits per heavy atom. The SMILES string of the molecule is O=S(=O)(N=C(Nc1ccc(I)cc1)c1ccccc1)c1ccc(Cl)cc1. The third-order valence-corrected chi connectivity index (χ3v) is 5.74. The van der Waals surface area contributed by atoms with Crippen LogP contribution in [0.4, 0.5) is 5.69 Å².